The number of rotatable bonds is 11. The summed E-state index contributed by atoms with van der Waals surface area (Å²) in [6.07, 6.45) is 1.66. The van der Waals surface area contributed by atoms with Crippen molar-refractivity contribution in [2.45, 2.75) is 57.1 Å². The number of nitrogens with zero attached hydrogens (tertiary/aromatic N) is 2. The number of aliphatic hydroxyl groups excluding tert-OH is 1. The lowest BCUT2D eigenvalue weighted by atomic mass is 10.1. The van der Waals surface area contributed by atoms with Gasteiger partial charge >= 0.3 is 5.97 Å². The minimum absolute atomic E-state index is 0.0989. The second-order valence-corrected chi connectivity index (χ2v) is 8.31. The number of likely N-dealkylation sites (tertiary alicyclic amines) is 1. The Labute approximate surface area is 191 Å². The fraction of sp³-hybridized carbons (Fsp3) is 0.522. The van der Waals surface area contributed by atoms with E-state index in [4.69, 9.17) is 10.5 Å². The maximum atomic E-state index is 12.6. The van der Waals surface area contributed by atoms with Crippen LogP contribution in [0, 0.1) is 0 Å². The highest BCUT2D eigenvalue weighted by Gasteiger charge is 2.37. The van der Waals surface area contributed by atoms with Gasteiger partial charge in [-0.1, -0.05) is 18.6 Å². The third-order valence-corrected chi connectivity index (χ3v) is 5.93. The molecule has 2 aliphatic heterocycles. The monoisotopic (exact) mass is 459 g/mol. The van der Waals surface area contributed by atoms with E-state index in [1.54, 1.807) is 24.3 Å². The van der Waals surface area contributed by atoms with E-state index in [1.807, 2.05) is 0 Å². The second kappa shape index (κ2) is 11.0. The highest BCUT2D eigenvalue weighted by Crippen LogP contribution is 2.24. The number of imide groups is 1. The molecule has 0 aromatic heterocycles. The number of hydrogen-bond donors (Lipinski definition) is 2. The van der Waals surface area contributed by atoms with E-state index in [0.29, 0.717) is 43.4 Å². The fourth-order valence-corrected chi connectivity index (χ4v) is 4.22. The molecule has 4 amide bonds. The average molecular weight is 459 g/mol. The van der Waals surface area contributed by atoms with Crippen molar-refractivity contribution in [3.63, 3.8) is 0 Å². The Bertz CT molecular complexity index is 897. The van der Waals surface area contributed by atoms with Crippen molar-refractivity contribution in [1.82, 2.24) is 9.80 Å². The van der Waals surface area contributed by atoms with Crippen LogP contribution in [0.4, 0.5) is 0 Å². The molecule has 10 nitrogen and oxygen atoms in total. The number of carbonyl (C=O) groups is 5. The van der Waals surface area contributed by atoms with E-state index in [-0.39, 0.29) is 50.1 Å². The first-order chi connectivity index (χ1) is 15.8. The highest BCUT2D eigenvalue weighted by atomic mass is 16.5. The highest BCUT2D eigenvalue weighted by molar-refractivity contribution is 6.21. The Hall–Kier alpha value is -3.27. The van der Waals surface area contributed by atoms with E-state index in [1.165, 1.54) is 9.80 Å². The van der Waals surface area contributed by atoms with Gasteiger partial charge < -0.3 is 20.5 Å². The summed E-state index contributed by atoms with van der Waals surface area (Å²) in [5.74, 6) is -1.87. The van der Waals surface area contributed by atoms with Crippen LogP contribution in [-0.2, 0) is 19.1 Å². The first kappa shape index (κ1) is 24.4. The van der Waals surface area contributed by atoms with Gasteiger partial charge in [0.25, 0.3) is 11.8 Å². The molecule has 1 fully saturated rings. The van der Waals surface area contributed by atoms with Gasteiger partial charge in [0.2, 0.25) is 11.8 Å². The zero-order valence-electron chi connectivity index (χ0n) is 18.4. The van der Waals surface area contributed by atoms with Crippen molar-refractivity contribution < 1.29 is 33.8 Å². The van der Waals surface area contributed by atoms with Crippen molar-refractivity contribution in [3.05, 3.63) is 35.4 Å². The zero-order chi connectivity index (χ0) is 24.0. The number of primary amides is 1. The number of aliphatic hydroxyl groups is 1. The standard InChI is InChI=1S/C23H29N3O7/c24-19(28)9-10-21(30)33-16-12-15(14-27)26(13-16)20(29)8-2-1-5-11-25-22(31)17-6-3-4-7-18(17)23(25)32/h3-4,6-7,15-16,27H,1-2,5,8-14H2,(H2,24,28)/t15?,16-/m1/s1. The van der Waals surface area contributed by atoms with Crippen LogP contribution in [0.1, 0.15) is 65.7 Å². The number of benzene rings is 1. The van der Waals surface area contributed by atoms with Gasteiger partial charge in [0.15, 0.2) is 0 Å². The van der Waals surface area contributed by atoms with E-state index < -0.39 is 24.0 Å². The Balaban J connectivity index is 1.39. The van der Waals surface area contributed by atoms with Crippen LogP contribution < -0.4 is 5.73 Å². The van der Waals surface area contributed by atoms with Crippen LogP contribution in [0.5, 0.6) is 0 Å². The maximum Gasteiger partial charge on any atom is 0.306 e. The SMILES string of the molecule is NC(=O)CCC(=O)O[C@@H]1CC(CO)N(C(=O)CCCCCN2C(=O)c3ccccc3C2=O)C1. The molecule has 2 aliphatic rings. The quantitative estimate of drug-likeness (QED) is 0.280. The van der Waals surface area contributed by atoms with Crippen molar-refractivity contribution in [2.24, 2.45) is 5.73 Å². The summed E-state index contributed by atoms with van der Waals surface area (Å²) in [4.78, 5) is 62.7. The fourth-order valence-electron chi connectivity index (χ4n) is 4.22. The minimum Gasteiger partial charge on any atom is -0.460 e. The summed E-state index contributed by atoms with van der Waals surface area (Å²) in [6, 6.07) is 6.31. The lowest BCUT2D eigenvalue weighted by molar-refractivity contribution is -0.150. The molecule has 178 valence electrons. The van der Waals surface area contributed by atoms with Crippen LogP contribution in [0.3, 0.4) is 0 Å². The summed E-state index contributed by atoms with van der Waals surface area (Å²) in [6.45, 7) is 0.259. The molecule has 1 aromatic rings. The van der Waals surface area contributed by atoms with Gasteiger partial charge in [-0.05, 0) is 25.0 Å². The van der Waals surface area contributed by atoms with Crippen LogP contribution >= 0.6 is 0 Å². The molecule has 0 radical (unpaired) electrons. The number of fused-ring (bicyclic) bond motifs is 1. The number of nitrogens with two attached hydrogens (primary N) is 1. The molecule has 0 saturated carbocycles. The van der Waals surface area contributed by atoms with Gasteiger partial charge in [-0.2, -0.15) is 0 Å². The lowest BCUT2D eigenvalue weighted by Gasteiger charge is -2.22. The Morgan fingerprint density at radius 2 is 1.67 bits per heavy atom. The number of amides is 4. The van der Waals surface area contributed by atoms with E-state index in [0.717, 1.165) is 0 Å². The molecule has 3 N–H and O–H groups in total. The first-order valence-corrected chi connectivity index (χ1v) is 11.1. The number of carbonyl (C=O) groups excluding carboxylic acids is 5. The van der Waals surface area contributed by atoms with Crippen LogP contribution in [0.15, 0.2) is 24.3 Å². The van der Waals surface area contributed by atoms with E-state index >= 15 is 0 Å². The molecular formula is C23H29N3O7. The Morgan fingerprint density at radius 3 is 2.27 bits per heavy atom. The van der Waals surface area contributed by atoms with Crippen molar-refractivity contribution in [1.29, 1.82) is 0 Å². The van der Waals surface area contributed by atoms with Gasteiger partial charge in [0, 0.05) is 25.8 Å². The molecular weight excluding hydrogens is 430 g/mol. The van der Waals surface area contributed by atoms with Crippen LogP contribution in [0.2, 0.25) is 0 Å². The number of unbranched alkanes of at least 4 members (excludes halogenated alkanes) is 2. The molecule has 3 rings (SSSR count). The smallest absolute Gasteiger partial charge is 0.306 e. The minimum atomic E-state index is -0.591. The van der Waals surface area contributed by atoms with Crippen LogP contribution in [-0.4, -0.2) is 76.3 Å². The molecule has 1 unspecified atom stereocenters. The summed E-state index contributed by atoms with van der Waals surface area (Å²) in [7, 11) is 0. The van der Waals surface area contributed by atoms with Gasteiger partial charge in [-0.25, -0.2) is 0 Å². The van der Waals surface area contributed by atoms with Crippen molar-refractivity contribution in [2.75, 3.05) is 19.7 Å². The number of esters is 1. The van der Waals surface area contributed by atoms with Gasteiger partial charge in [-0.15, -0.1) is 0 Å². The predicted octanol–water partition coefficient (Wildman–Crippen LogP) is 0.614. The predicted molar refractivity (Wildman–Crippen MR) is 116 cm³/mol. The van der Waals surface area contributed by atoms with Gasteiger partial charge in [0.1, 0.15) is 6.10 Å². The van der Waals surface area contributed by atoms with Gasteiger partial charge in [0.05, 0.1) is 36.7 Å². The molecule has 2 heterocycles. The number of ether oxygens (including phenoxy) is 1. The zero-order valence-corrected chi connectivity index (χ0v) is 18.4. The van der Waals surface area contributed by atoms with Gasteiger partial charge in [-0.3, -0.25) is 28.9 Å². The molecule has 10 heteroatoms. The second-order valence-electron chi connectivity index (χ2n) is 8.31. The average Bonchev–Trinajstić information content (AvgIpc) is 3.31. The molecule has 1 saturated heterocycles. The first-order valence-electron chi connectivity index (χ1n) is 11.1. The Morgan fingerprint density at radius 1 is 1.00 bits per heavy atom. The third kappa shape index (κ3) is 5.95. The third-order valence-electron chi connectivity index (χ3n) is 5.93. The molecule has 0 aliphatic carbocycles. The number of hydrogen-bond acceptors (Lipinski definition) is 7. The van der Waals surface area contributed by atoms with Crippen molar-refractivity contribution in [3.8, 4) is 0 Å². The molecule has 33 heavy (non-hydrogen) atoms. The van der Waals surface area contributed by atoms with Crippen LogP contribution in [0.25, 0.3) is 0 Å². The normalized spacial score (nSPS) is 19.7. The largest absolute Gasteiger partial charge is 0.460 e. The molecule has 0 bridgehead atoms. The summed E-state index contributed by atoms with van der Waals surface area (Å²) >= 11 is 0. The topological polar surface area (TPSA) is 147 Å². The molecule has 2 atom stereocenters. The van der Waals surface area contributed by atoms with E-state index in [2.05, 4.69) is 0 Å². The lowest BCUT2D eigenvalue weighted by Crippen LogP contribution is -2.38. The summed E-state index contributed by atoms with van der Waals surface area (Å²) in [5, 5.41) is 9.60. The molecule has 0 spiro atoms. The summed E-state index contributed by atoms with van der Waals surface area (Å²) < 4.78 is 5.30. The summed E-state index contributed by atoms with van der Waals surface area (Å²) in [5.41, 5.74) is 5.87. The maximum absolute atomic E-state index is 12.6. The molecule has 1 aromatic carbocycles. The van der Waals surface area contributed by atoms with E-state index in [9.17, 15) is 29.1 Å². The Kier molecular flexibility index (Phi) is 8.16. The van der Waals surface area contributed by atoms with Crippen molar-refractivity contribution >= 4 is 29.6 Å².